The Morgan fingerprint density at radius 1 is 0.905 bits per heavy atom. The normalized spacial score (nSPS) is 21.4. The Kier molecular flexibility index (Phi) is 8.45. The molecular weight excluding hydrogens is 526 g/mol. The summed E-state index contributed by atoms with van der Waals surface area (Å²) in [6.07, 6.45) is 2.21. The van der Waals surface area contributed by atoms with Crippen molar-refractivity contribution in [3.05, 3.63) is 83.2 Å². The van der Waals surface area contributed by atoms with Crippen molar-refractivity contribution >= 4 is 5.91 Å². The molecule has 222 valence electrons. The molecule has 2 atom stereocenters. The Labute approximate surface area is 249 Å². The highest BCUT2D eigenvalue weighted by molar-refractivity contribution is 5.73. The van der Waals surface area contributed by atoms with E-state index >= 15 is 0 Å². The monoisotopic (exact) mass is 569 g/mol. The van der Waals surface area contributed by atoms with Crippen LogP contribution in [-0.4, -0.2) is 88.6 Å². The highest BCUT2D eigenvalue weighted by Gasteiger charge is 2.43. The Hall–Kier alpha value is -3.49. The van der Waals surface area contributed by atoms with Crippen LogP contribution in [0.15, 0.2) is 60.7 Å². The summed E-state index contributed by atoms with van der Waals surface area (Å²) in [5.74, 6) is 2.79. The number of nitrogens with zero attached hydrogens (tertiary/aromatic N) is 5. The molecule has 8 heteroatoms. The van der Waals surface area contributed by atoms with Crippen LogP contribution in [0.1, 0.15) is 68.0 Å². The molecule has 1 amide bonds. The molecule has 1 aliphatic carbocycles. The van der Waals surface area contributed by atoms with Crippen LogP contribution in [0.3, 0.4) is 0 Å². The molecule has 3 aromatic rings. The maximum absolute atomic E-state index is 12.5. The van der Waals surface area contributed by atoms with Gasteiger partial charge in [-0.2, -0.15) is 9.97 Å². The number of hydrogen-bond acceptors (Lipinski definition) is 7. The number of benzene rings is 2. The number of aromatic nitrogens is 2. The van der Waals surface area contributed by atoms with Crippen LogP contribution in [0.25, 0.3) is 0 Å². The number of carbonyl (C=O) groups is 1. The highest BCUT2D eigenvalue weighted by atomic mass is 16.5. The second kappa shape index (κ2) is 12.4. The molecule has 3 heterocycles. The molecular formula is C34H43N5O3. The summed E-state index contributed by atoms with van der Waals surface area (Å²) in [6.45, 7) is 10.4. The summed E-state index contributed by atoms with van der Waals surface area (Å²) in [6, 6.07) is 22.1. The number of amides is 1. The predicted molar refractivity (Wildman–Crippen MR) is 163 cm³/mol. The zero-order valence-corrected chi connectivity index (χ0v) is 25.3. The average Bonchev–Trinajstić information content (AvgIpc) is 3.84. The van der Waals surface area contributed by atoms with Crippen molar-refractivity contribution in [3.8, 4) is 11.8 Å². The van der Waals surface area contributed by atoms with Gasteiger partial charge in [0.2, 0.25) is 17.7 Å². The lowest BCUT2D eigenvalue weighted by atomic mass is 9.81. The van der Waals surface area contributed by atoms with Crippen LogP contribution in [0.5, 0.6) is 11.8 Å². The van der Waals surface area contributed by atoms with Crippen LogP contribution < -0.4 is 9.47 Å². The maximum Gasteiger partial charge on any atom is 0.225 e. The zero-order chi connectivity index (χ0) is 29.2. The van der Waals surface area contributed by atoms with Gasteiger partial charge in [0, 0.05) is 70.1 Å². The topological polar surface area (TPSA) is 71.0 Å². The van der Waals surface area contributed by atoms with Gasteiger partial charge >= 0.3 is 0 Å². The van der Waals surface area contributed by atoms with Gasteiger partial charge in [0.15, 0.2) is 0 Å². The fourth-order valence-electron chi connectivity index (χ4n) is 6.71. The standard InChI is InChI=1S/C34H43N5O3/c1-23(2)42-34-29(33(41-4)35-32(36-34)27-15-16-27)21-37-19-28-20-38(24(3)40)17-18-39(28)30(22-37)31(25-11-7-5-8-12-25)26-13-9-6-10-14-26/h5-14,23,27-28,30-31H,15-22H2,1-4H3/t28-,30+/m1/s1. The first-order valence-electron chi connectivity index (χ1n) is 15.4. The number of carbonyl (C=O) groups excluding carboxylic acids is 1. The Morgan fingerprint density at radius 2 is 1.55 bits per heavy atom. The summed E-state index contributed by atoms with van der Waals surface area (Å²) in [5.41, 5.74) is 3.52. The molecule has 3 aliphatic rings. The van der Waals surface area contributed by atoms with E-state index in [4.69, 9.17) is 19.4 Å². The Bertz CT molecular complexity index is 1320. The largest absolute Gasteiger partial charge is 0.481 e. The van der Waals surface area contributed by atoms with E-state index in [2.05, 4.69) is 70.5 Å². The lowest BCUT2D eigenvalue weighted by Gasteiger charge is -2.53. The molecule has 1 aromatic heterocycles. The van der Waals surface area contributed by atoms with Crippen LogP contribution >= 0.6 is 0 Å². The van der Waals surface area contributed by atoms with E-state index in [1.165, 1.54) is 11.1 Å². The molecule has 2 aliphatic heterocycles. The molecule has 42 heavy (non-hydrogen) atoms. The third-order valence-corrected chi connectivity index (χ3v) is 8.83. The van der Waals surface area contributed by atoms with Crippen LogP contribution in [0, 0.1) is 0 Å². The minimum atomic E-state index is -0.0111. The average molecular weight is 570 g/mol. The molecule has 0 radical (unpaired) electrons. The van der Waals surface area contributed by atoms with Crippen LogP contribution in [0.4, 0.5) is 0 Å². The number of methoxy groups -OCH3 is 1. The van der Waals surface area contributed by atoms with Crippen LogP contribution in [0.2, 0.25) is 0 Å². The molecule has 0 unspecified atom stereocenters. The molecule has 8 nitrogen and oxygen atoms in total. The molecule has 2 aromatic carbocycles. The molecule has 1 saturated carbocycles. The third-order valence-electron chi connectivity index (χ3n) is 8.83. The molecule has 0 spiro atoms. The second-order valence-electron chi connectivity index (χ2n) is 12.2. The zero-order valence-electron chi connectivity index (χ0n) is 25.3. The molecule has 0 N–H and O–H groups in total. The van der Waals surface area contributed by atoms with Gasteiger partial charge in [-0.15, -0.1) is 0 Å². The lowest BCUT2D eigenvalue weighted by Crippen LogP contribution is -2.67. The van der Waals surface area contributed by atoms with Crippen molar-refractivity contribution < 1.29 is 14.3 Å². The first-order valence-corrected chi connectivity index (χ1v) is 15.4. The SMILES string of the molecule is COc1nc(C2CC2)nc(OC(C)C)c1CN1C[C@@H]2CN(C(C)=O)CCN2[C@H](C(c2ccccc2)c2ccccc2)C1. The van der Waals surface area contributed by atoms with E-state index in [-0.39, 0.29) is 30.0 Å². The maximum atomic E-state index is 12.5. The van der Waals surface area contributed by atoms with Gasteiger partial charge in [-0.1, -0.05) is 60.7 Å². The third kappa shape index (κ3) is 6.15. The number of fused-ring (bicyclic) bond motifs is 1. The minimum Gasteiger partial charge on any atom is -0.481 e. The summed E-state index contributed by atoms with van der Waals surface area (Å²) in [5, 5.41) is 0. The minimum absolute atomic E-state index is 0.0111. The number of piperazine rings is 2. The van der Waals surface area contributed by atoms with E-state index < -0.39 is 0 Å². The van der Waals surface area contributed by atoms with Crippen molar-refractivity contribution in [1.82, 2.24) is 24.7 Å². The van der Waals surface area contributed by atoms with Gasteiger partial charge in [-0.05, 0) is 37.8 Å². The summed E-state index contributed by atoms with van der Waals surface area (Å²) in [4.78, 5) is 29.4. The lowest BCUT2D eigenvalue weighted by molar-refractivity contribution is -0.134. The van der Waals surface area contributed by atoms with Gasteiger partial charge in [0.05, 0.1) is 18.8 Å². The van der Waals surface area contributed by atoms with Crippen molar-refractivity contribution in [2.75, 3.05) is 39.8 Å². The smallest absolute Gasteiger partial charge is 0.225 e. The second-order valence-corrected chi connectivity index (χ2v) is 12.2. The molecule has 2 saturated heterocycles. The van der Waals surface area contributed by atoms with Crippen LogP contribution in [-0.2, 0) is 11.3 Å². The first-order chi connectivity index (χ1) is 20.4. The summed E-state index contributed by atoms with van der Waals surface area (Å²) >= 11 is 0. The van der Waals surface area contributed by atoms with Crippen molar-refractivity contribution in [2.45, 2.75) is 70.2 Å². The predicted octanol–water partition coefficient (Wildman–Crippen LogP) is 4.70. The van der Waals surface area contributed by atoms with Gasteiger partial charge in [0.25, 0.3) is 0 Å². The van der Waals surface area contributed by atoms with Crippen molar-refractivity contribution in [3.63, 3.8) is 0 Å². The molecule has 3 fully saturated rings. The summed E-state index contributed by atoms with van der Waals surface area (Å²) < 4.78 is 12.2. The van der Waals surface area contributed by atoms with Gasteiger partial charge in [-0.25, -0.2) is 0 Å². The number of rotatable bonds is 9. The van der Waals surface area contributed by atoms with E-state index in [0.717, 1.165) is 57.0 Å². The molecule has 0 bridgehead atoms. The van der Waals surface area contributed by atoms with Gasteiger partial charge < -0.3 is 14.4 Å². The van der Waals surface area contributed by atoms with Crippen molar-refractivity contribution in [2.24, 2.45) is 0 Å². The van der Waals surface area contributed by atoms with Gasteiger partial charge in [0.1, 0.15) is 5.82 Å². The van der Waals surface area contributed by atoms with E-state index in [0.29, 0.717) is 24.2 Å². The molecule has 6 rings (SSSR count). The Morgan fingerprint density at radius 3 is 2.12 bits per heavy atom. The van der Waals surface area contributed by atoms with E-state index in [1.807, 2.05) is 18.7 Å². The highest BCUT2D eigenvalue weighted by Crippen LogP contribution is 2.42. The fourth-order valence-corrected chi connectivity index (χ4v) is 6.71. The Balaban J connectivity index is 1.38. The quantitative estimate of drug-likeness (QED) is 0.370. The van der Waals surface area contributed by atoms with E-state index in [1.54, 1.807) is 14.0 Å². The van der Waals surface area contributed by atoms with Gasteiger partial charge in [-0.3, -0.25) is 14.6 Å². The number of hydrogen-bond donors (Lipinski definition) is 0. The van der Waals surface area contributed by atoms with E-state index in [9.17, 15) is 4.79 Å². The first kappa shape index (κ1) is 28.6. The fraction of sp³-hybridized carbons (Fsp3) is 0.500. The summed E-state index contributed by atoms with van der Waals surface area (Å²) in [7, 11) is 1.69. The number of ether oxygens (including phenoxy) is 2. The van der Waals surface area contributed by atoms with Crippen molar-refractivity contribution in [1.29, 1.82) is 0 Å².